The third-order valence-electron chi connectivity index (χ3n) is 4.11. The van der Waals surface area contributed by atoms with E-state index >= 15 is 0 Å². The molecule has 2 heterocycles. The summed E-state index contributed by atoms with van der Waals surface area (Å²) in [7, 11) is 0. The van der Waals surface area contributed by atoms with Crippen molar-refractivity contribution in [3.05, 3.63) is 78.5 Å². The topological polar surface area (TPSA) is 59.8 Å². The number of nitrogens with zero attached hydrogens (tertiary/aromatic N) is 3. The highest BCUT2D eigenvalue weighted by molar-refractivity contribution is 5.95. The molecule has 1 aromatic carbocycles. The van der Waals surface area contributed by atoms with Crippen LogP contribution in [0.15, 0.2) is 67.4 Å². The van der Waals surface area contributed by atoms with Crippen LogP contribution >= 0.6 is 0 Å². The zero-order chi connectivity index (χ0) is 15.6. The Morgan fingerprint density at radius 2 is 2.04 bits per heavy atom. The molecule has 0 spiro atoms. The molecule has 23 heavy (non-hydrogen) atoms. The Kier molecular flexibility index (Phi) is 3.38. The fourth-order valence-corrected chi connectivity index (χ4v) is 2.77. The van der Waals surface area contributed by atoms with Crippen LogP contribution in [0.1, 0.15) is 28.3 Å². The van der Waals surface area contributed by atoms with Crippen molar-refractivity contribution in [1.82, 2.24) is 19.9 Å². The summed E-state index contributed by atoms with van der Waals surface area (Å²) in [5.74, 6) is 1.05. The van der Waals surface area contributed by atoms with Crippen LogP contribution < -0.4 is 5.32 Å². The molecule has 1 aliphatic rings. The maximum Gasteiger partial charge on any atom is 0.251 e. The second-order valence-electron chi connectivity index (χ2n) is 5.71. The van der Waals surface area contributed by atoms with Crippen molar-refractivity contribution in [1.29, 1.82) is 0 Å². The van der Waals surface area contributed by atoms with Crippen molar-refractivity contribution < 1.29 is 4.79 Å². The predicted molar refractivity (Wildman–Crippen MR) is 86.4 cm³/mol. The average molecular weight is 304 g/mol. The van der Waals surface area contributed by atoms with Gasteiger partial charge in [0.25, 0.3) is 5.91 Å². The molecule has 5 nitrogen and oxygen atoms in total. The first-order valence-corrected chi connectivity index (χ1v) is 7.61. The third kappa shape index (κ3) is 2.85. The number of rotatable bonds is 4. The van der Waals surface area contributed by atoms with Crippen molar-refractivity contribution in [2.24, 2.45) is 0 Å². The van der Waals surface area contributed by atoms with E-state index in [1.807, 2.05) is 18.2 Å². The molecule has 1 aliphatic carbocycles. The summed E-state index contributed by atoms with van der Waals surface area (Å²) in [6.45, 7) is 0. The lowest BCUT2D eigenvalue weighted by molar-refractivity contribution is 0.0950. The first-order valence-electron chi connectivity index (χ1n) is 7.61. The number of hydrogen-bond donors (Lipinski definition) is 1. The number of benzene rings is 1. The van der Waals surface area contributed by atoms with E-state index in [1.54, 1.807) is 41.6 Å². The van der Waals surface area contributed by atoms with Gasteiger partial charge in [0, 0.05) is 36.1 Å². The number of amides is 1. The summed E-state index contributed by atoms with van der Waals surface area (Å²) < 4.78 is 1.78. The summed E-state index contributed by atoms with van der Waals surface area (Å²) in [5, 5.41) is 3.10. The molecule has 1 fully saturated rings. The highest BCUT2D eigenvalue weighted by Crippen LogP contribution is 2.40. The molecule has 2 atom stereocenters. The largest absolute Gasteiger partial charge is 0.349 e. The fourth-order valence-electron chi connectivity index (χ4n) is 2.77. The van der Waals surface area contributed by atoms with Gasteiger partial charge in [0.05, 0.1) is 0 Å². The van der Waals surface area contributed by atoms with E-state index in [0.29, 0.717) is 17.3 Å². The summed E-state index contributed by atoms with van der Waals surface area (Å²) in [6, 6.07) is 14.0. The second-order valence-corrected chi connectivity index (χ2v) is 5.71. The number of pyridine rings is 1. The Labute approximate surface area is 134 Å². The van der Waals surface area contributed by atoms with Crippen LogP contribution in [-0.4, -0.2) is 26.5 Å². The zero-order valence-corrected chi connectivity index (χ0v) is 12.5. The molecule has 3 aromatic rings. The molecule has 5 heteroatoms. The summed E-state index contributed by atoms with van der Waals surface area (Å²) in [6.07, 6.45) is 7.79. The molecule has 0 saturated heterocycles. The molecule has 0 aliphatic heterocycles. The van der Waals surface area contributed by atoms with Gasteiger partial charge in [0.1, 0.15) is 12.1 Å². The minimum Gasteiger partial charge on any atom is -0.349 e. The molecule has 0 unspecified atom stereocenters. The van der Waals surface area contributed by atoms with Gasteiger partial charge in [-0.3, -0.25) is 9.36 Å². The van der Waals surface area contributed by atoms with Crippen molar-refractivity contribution in [2.45, 2.75) is 18.4 Å². The maximum atomic E-state index is 12.4. The molecule has 114 valence electrons. The number of carbonyl (C=O) groups excluding carboxylic acids is 1. The smallest absolute Gasteiger partial charge is 0.251 e. The molecule has 1 saturated carbocycles. The van der Waals surface area contributed by atoms with E-state index in [1.165, 1.54) is 5.56 Å². The Hall–Kier alpha value is -2.95. The Morgan fingerprint density at radius 1 is 1.17 bits per heavy atom. The van der Waals surface area contributed by atoms with Crippen molar-refractivity contribution in [2.75, 3.05) is 0 Å². The lowest BCUT2D eigenvalue weighted by Crippen LogP contribution is -2.26. The van der Waals surface area contributed by atoms with E-state index in [0.717, 1.165) is 6.42 Å². The monoisotopic (exact) mass is 304 g/mol. The van der Waals surface area contributed by atoms with Crippen LogP contribution in [0.2, 0.25) is 0 Å². The van der Waals surface area contributed by atoms with Gasteiger partial charge < -0.3 is 5.32 Å². The van der Waals surface area contributed by atoms with Crippen LogP contribution in [0, 0.1) is 0 Å². The fraction of sp³-hybridized carbons (Fsp3) is 0.167. The van der Waals surface area contributed by atoms with Crippen molar-refractivity contribution >= 4 is 5.91 Å². The van der Waals surface area contributed by atoms with Crippen LogP contribution in [0.5, 0.6) is 0 Å². The van der Waals surface area contributed by atoms with E-state index in [-0.39, 0.29) is 11.9 Å². The lowest BCUT2D eigenvalue weighted by atomic mass is 10.1. The van der Waals surface area contributed by atoms with Gasteiger partial charge in [-0.25, -0.2) is 9.97 Å². The maximum absolute atomic E-state index is 12.4. The lowest BCUT2D eigenvalue weighted by Gasteiger charge is -2.07. The van der Waals surface area contributed by atoms with Gasteiger partial charge in [-0.1, -0.05) is 30.3 Å². The Morgan fingerprint density at radius 3 is 2.83 bits per heavy atom. The quantitative estimate of drug-likeness (QED) is 0.806. The number of aromatic nitrogens is 3. The van der Waals surface area contributed by atoms with Crippen molar-refractivity contribution in [3.63, 3.8) is 0 Å². The van der Waals surface area contributed by atoms with E-state index in [2.05, 4.69) is 27.4 Å². The molecule has 2 aromatic heterocycles. The Bertz CT molecular complexity index is 814. The first kappa shape index (κ1) is 13.7. The highest BCUT2D eigenvalue weighted by atomic mass is 16.1. The molecule has 1 amide bonds. The molecule has 0 bridgehead atoms. The van der Waals surface area contributed by atoms with Gasteiger partial charge in [-0.05, 0) is 24.1 Å². The van der Waals surface area contributed by atoms with Gasteiger partial charge in [0.15, 0.2) is 0 Å². The second kappa shape index (κ2) is 5.68. The minimum atomic E-state index is -0.0582. The summed E-state index contributed by atoms with van der Waals surface area (Å²) in [5.41, 5.74) is 1.90. The normalized spacial score (nSPS) is 19.3. The van der Waals surface area contributed by atoms with Crippen LogP contribution in [0.3, 0.4) is 0 Å². The number of hydrogen-bond acceptors (Lipinski definition) is 3. The number of nitrogens with one attached hydrogen (secondary N) is 1. The van der Waals surface area contributed by atoms with Crippen LogP contribution in [0.4, 0.5) is 0 Å². The number of carbonyl (C=O) groups is 1. The van der Waals surface area contributed by atoms with Crippen LogP contribution in [-0.2, 0) is 0 Å². The SMILES string of the molecule is O=C(N[C@@H]1C[C@@H]1c1ccccc1)c1ccnc(-n2ccnc2)c1. The van der Waals surface area contributed by atoms with Crippen molar-refractivity contribution in [3.8, 4) is 5.82 Å². The molecular formula is C18H16N4O. The van der Waals surface area contributed by atoms with E-state index < -0.39 is 0 Å². The van der Waals surface area contributed by atoms with Gasteiger partial charge in [-0.15, -0.1) is 0 Å². The average Bonchev–Trinajstić information content (AvgIpc) is 3.14. The zero-order valence-electron chi connectivity index (χ0n) is 12.5. The van der Waals surface area contributed by atoms with Gasteiger partial charge >= 0.3 is 0 Å². The summed E-state index contributed by atoms with van der Waals surface area (Å²) in [4.78, 5) is 20.7. The molecule has 0 radical (unpaired) electrons. The predicted octanol–water partition coefficient (Wildman–Crippen LogP) is 2.55. The van der Waals surface area contributed by atoms with E-state index in [4.69, 9.17) is 0 Å². The molecular weight excluding hydrogens is 288 g/mol. The summed E-state index contributed by atoms with van der Waals surface area (Å²) >= 11 is 0. The van der Waals surface area contributed by atoms with Crippen LogP contribution in [0.25, 0.3) is 5.82 Å². The standard InChI is InChI=1S/C18H16N4O/c23-18(21-16-11-15(16)13-4-2-1-3-5-13)14-6-7-20-17(10-14)22-9-8-19-12-22/h1-10,12,15-16H,11H2,(H,21,23)/t15-,16-/m1/s1. The third-order valence-corrected chi connectivity index (χ3v) is 4.11. The minimum absolute atomic E-state index is 0.0582. The first-order chi connectivity index (χ1) is 11.3. The number of imidazole rings is 1. The van der Waals surface area contributed by atoms with E-state index in [9.17, 15) is 4.79 Å². The molecule has 4 rings (SSSR count). The molecule has 1 N–H and O–H groups in total. The Balaban J connectivity index is 1.45. The van der Waals surface area contributed by atoms with Gasteiger partial charge in [-0.2, -0.15) is 0 Å². The van der Waals surface area contributed by atoms with Gasteiger partial charge in [0.2, 0.25) is 0 Å². The highest BCUT2D eigenvalue weighted by Gasteiger charge is 2.39.